The number of rotatable bonds is 3. The molecule has 1 aliphatic heterocycles. The smallest absolute Gasteiger partial charge is 0.295 e. The number of nitro benzene ring substituents is 1. The van der Waals surface area contributed by atoms with Crippen molar-refractivity contribution in [2.75, 3.05) is 11.9 Å². The van der Waals surface area contributed by atoms with Crippen LogP contribution in [0.2, 0.25) is 0 Å². The minimum atomic E-state index is -0.807. The standard InChI is InChI=1S/C12H14FN3O3/c13-8-4-3-6-10(16(18)19)11(8)15-12(17)9-5-1-2-7-14-9/h3-4,6,9,14H,1-2,5,7H2,(H,15,17)/t9-/m1/s1. The maximum Gasteiger partial charge on any atom is 0.295 e. The number of carbonyl (C=O) groups is 1. The molecule has 102 valence electrons. The molecule has 0 saturated carbocycles. The molecule has 1 aromatic rings. The van der Waals surface area contributed by atoms with Crippen LogP contribution in [0.15, 0.2) is 18.2 Å². The van der Waals surface area contributed by atoms with Gasteiger partial charge in [0.25, 0.3) is 5.69 Å². The Morgan fingerprint density at radius 3 is 2.89 bits per heavy atom. The molecule has 19 heavy (non-hydrogen) atoms. The lowest BCUT2D eigenvalue weighted by Crippen LogP contribution is -2.43. The normalized spacial score (nSPS) is 18.9. The van der Waals surface area contributed by atoms with E-state index in [1.165, 1.54) is 6.07 Å². The van der Waals surface area contributed by atoms with Crippen LogP contribution in [-0.2, 0) is 4.79 Å². The first-order valence-electron chi connectivity index (χ1n) is 6.07. The van der Waals surface area contributed by atoms with Gasteiger partial charge in [0.15, 0.2) is 11.5 Å². The fourth-order valence-corrected chi connectivity index (χ4v) is 2.07. The molecular formula is C12H14FN3O3. The molecule has 6 nitrogen and oxygen atoms in total. The zero-order valence-electron chi connectivity index (χ0n) is 10.2. The summed E-state index contributed by atoms with van der Waals surface area (Å²) in [7, 11) is 0. The van der Waals surface area contributed by atoms with E-state index in [0.29, 0.717) is 6.42 Å². The van der Waals surface area contributed by atoms with Crippen LogP contribution < -0.4 is 10.6 Å². The van der Waals surface area contributed by atoms with E-state index >= 15 is 0 Å². The van der Waals surface area contributed by atoms with Crippen molar-refractivity contribution >= 4 is 17.3 Å². The second-order valence-corrected chi connectivity index (χ2v) is 4.38. The van der Waals surface area contributed by atoms with E-state index in [9.17, 15) is 19.3 Å². The van der Waals surface area contributed by atoms with E-state index < -0.39 is 28.4 Å². The number of anilines is 1. The molecule has 0 bridgehead atoms. The van der Waals surface area contributed by atoms with Gasteiger partial charge >= 0.3 is 0 Å². The van der Waals surface area contributed by atoms with Gasteiger partial charge in [0, 0.05) is 6.07 Å². The van der Waals surface area contributed by atoms with Gasteiger partial charge in [-0.25, -0.2) is 4.39 Å². The van der Waals surface area contributed by atoms with E-state index in [-0.39, 0.29) is 5.69 Å². The highest BCUT2D eigenvalue weighted by molar-refractivity contribution is 5.96. The van der Waals surface area contributed by atoms with Crippen LogP contribution in [0.4, 0.5) is 15.8 Å². The van der Waals surface area contributed by atoms with E-state index in [1.54, 1.807) is 0 Å². The number of nitrogens with zero attached hydrogens (tertiary/aromatic N) is 1. The molecule has 1 aromatic carbocycles. The first kappa shape index (κ1) is 13.4. The van der Waals surface area contributed by atoms with Gasteiger partial charge in [-0.3, -0.25) is 14.9 Å². The zero-order chi connectivity index (χ0) is 13.8. The van der Waals surface area contributed by atoms with Crippen molar-refractivity contribution in [1.29, 1.82) is 0 Å². The van der Waals surface area contributed by atoms with Gasteiger partial charge in [-0.15, -0.1) is 0 Å². The minimum Gasteiger partial charge on any atom is -0.317 e. The number of para-hydroxylation sites is 1. The number of hydrogen-bond donors (Lipinski definition) is 2. The molecule has 0 radical (unpaired) electrons. The van der Waals surface area contributed by atoms with Crippen LogP contribution in [-0.4, -0.2) is 23.4 Å². The third-order valence-electron chi connectivity index (χ3n) is 3.06. The van der Waals surface area contributed by atoms with Crippen LogP contribution in [0.3, 0.4) is 0 Å². The second-order valence-electron chi connectivity index (χ2n) is 4.38. The summed E-state index contributed by atoms with van der Waals surface area (Å²) in [5.41, 5.74) is -0.811. The molecule has 7 heteroatoms. The number of hydrogen-bond acceptors (Lipinski definition) is 4. The molecule has 0 aromatic heterocycles. The van der Waals surface area contributed by atoms with E-state index in [4.69, 9.17) is 0 Å². The molecule has 2 N–H and O–H groups in total. The molecule has 1 heterocycles. The Balaban J connectivity index is 2.18. The number of benzene rings is 1. The molecule has 0 unspecified atom stereocenters. The van der Waals surface area contributed by atoms with Crippen molar-refractivity contribution in [3.63, 3.8) is 0 Å². The van der Waals surface area contributed by atoms with E-state index in [1.807, 2.05) is 0 Å². The number of amides is 1. The number of carbonyl (C=O) groups excluding carboxylic acids is 1. The maximum atomic E-state index is 13.6. The van der Waals surface area contributed by atoms with Crippen molar-refractivity contribution in [3.05, 3.63) is 34.1 Å². The van der Waals surface area contributed by atoms with Crippen molar-refractivity contribution in [2.24, 2.45) is 0 Å². The van der Waals surface area contributed by atoms with Gasteiger partial charge < -0.3 is 10.6 Å². The predicted octanol–water partition coefficient (Wildman–Crippen LogP) is 1.81. The highest BCUT2D eigenvalue weighted by Gasteiger charge is 2.25. The third kappa shape index (κ3) is 3.05. The molecule has 0 aliphatic carbocycles. The minimum absolute atomic E-state index is 0.370. The van der Waals surface area contributed by atoms with E-state index in [2.05, 4.69) is 10.6 Å². The van der Waals surface area contributed by atoms with Gasteiger partial charge in [-0.05, 0) is 25.5 Å². The van der Waals surface area contributed by atoms with Crippen molar-refractivity contribution in [1.82, 2.24) is 5.32 Å². The topological polar surface area (TPSA) is 84.3 Å². The van der Waals surface area contributed by atoms with Gasteiger partial charge in [0.2, 0.25) is 5.91 Å². The van der Waals surface area contributed by atoms with Crippen molar-refractivity contribution in [3.8, 4) is 0 Å². The lowest BCUT2D eigenvalue weighted by Gasteiger charge is -2.22. The summed E-state index contributed by atoms with van der Waals surface area (Å²) < 4.78 is 13.6. The fraction of sp³-hybridized carbons (Fsp3) is 0.417. The molecule has 1 atom stereocenters. The summed E-state index contributed by atoms with van der Waals surface area (Å²) >= 11 is 0. The molecule has 1 saturated heterocycles. The molecule has 0 spiro atoms. The van der Waals surface area contributed by atoms with Gasteiger partial charge in [-0.1, -0.05) is 12.5 Å². The summed E-state index contributed by atoms with van der Waals surface area (Å²) in [4.78, 5) is 22.0. The van der Waals surface area contributed by atoms with Gasteiger partial charge in [-0.2, -0.15) is 0 Å². The third-order valence-corrected chi connectivity index (χ3v) is 3.06. The zero-order valence-corrected chi connectivity index (χ0v) is 10.2. The largest absolute Gasteiger partial charge is 0.317 e. The lowest BCUT2D eigenvalue weighted by molar-refractivity contribution is -0.384. The van der Waals surface area contributed by atoms with Gasteiger partial charge in [0.1, 0.15) is 0 Å². The molecule has 1 amide bonds. The Bertz CT molecular complexity index is 501. The Hall–Kier alpha value is -2.02. The number of halogens is 1. The summed E-state index contributed by atoms with van der Waals surface area (Å²) in [6.45, 7) is 0.720. The Morgan fingerprint density at radius 1 is 1.47 bits per heavy atom. The molecule has 1 aliphatic rings. The quantitative estimate of drug-likeness (QED) is 0.646. The summed E-state index contributed by atoms with van der Waals surface area (Å²) in [6.07, 6.45) is 2.54. The van der Waals surface area contributed by atoms with Crippen LogP contribution in [0.5, 0.6) is 0 Å². The van der Waals surface area contributed by atoms with E-state index in [0.717, 1.165) is 31.5 Å². The number of nitro groups is 1. The molecule has 1 fully saturated rings. The maximum absolute atomic E-state index is 13.6. The monoisotopic (exact) mass is 267 g/mol. The first-order chi connectivity index (χ1) is 9.09. The summed E-state index contributed by atoms with van der Waals surface area (Å²) in [5, 5.41) is 16.1. The van der Waals surface area contributed by atoms with Crippen molar-refractivity contribution < 1.29 is 14.1 Å². The number of piperidine rings is 1. The Morgan fingerprint density at radius 2 is 2.26 bits per heavy atom. The lowest BCUT2D eigenvalue weighted by atomic mass is 10.0. The van der Waals surface area contributed by atoms with Crippen LogP contribution in [0.1, 0.15) is 19.3 Å². The summed E-state index contributed by atoms with van der Waals surface area (Å²) in [6, 6.07) is 3.05. The summed E-state index contributed by atoms with van der Waals surface area (Å²) in [5.74, 6) is -1.24. The Kier molecular flexibility index (Phi) is 4.06. The first-order valence-corrected chi connectivity index (χ1v) is 6.07. The van der Waals surface area contributed by atoms with Crippen LogP contribution in [0.25, 0.3) is 0 Å². The van der Waals surface area contributed by atoms with Crippen LogP contribution >= 0.6 is 0 Å². The van der Waals surface area contributed by atoms with Crippen LogP contribution in [0, 0.1) is 15.9 Å². The predicted molar refractivity (Wildman–Crippen MR) is 67.3 cm³/mol. The number of nitrogens with one attached hydrogen (secondary N) is 2. The Labute approximate surface area is 109 Å². The highest BCUT2D eigenvalue weighted by Crippen LogP contribution is 2.27. The molecular weight excluding hydrogens is 253 g/mol. The average molecular weight is 267 g/mol. The SMILES string of the molecule is O=C(Nc1c(F)cccc1[N+](=O)[O-])[C@H]1CCCCN1. The highest BCUT2D eigenvalue weighted by atomic mass is 19.1. The fourth-order valence-electron chi connectivity index (χ4n) is 2.07. The second kappa shape index (κ2) is 5.75. The average Bonchev–Trinajstić information content (AvgIpc) is 2.41. The van der Waals surface area contributed by atoms with Gasteiger partial charge in [0.05, 0.1) is 11.0 Å². The van der Waals surface area contributed by atoms with Crippen molar-refractivity contribution in [2.45, 2.75) is 25.3 Å². The molecule has 2 rings (SSSR count).